The first kappa shape index (κ1) is 13.6. The second-order valence-corrected chi connectivity index (χ2v) is 3.95. The summed E-state index contributed by atoms with van der Waals surface area (Å²) in [6, 6.07) is 2.73. The maximum atomic E-state index is 13.5. The Kier molecular flexibility index (Phi) is 5.03. The zero-order valence-corrected chi connectivity index (χ0v) is 10.2. The first-order valence-corrected chi connectivity index (χ1v) is 5.68. The SMILES string of the molecule is CCCOc1cc(NCC(C)O)c(N)cc1F. The minimum Gasteiger partial charge on any atom is -0.490 e. The van der Waals surface area contributed by atoms with E-state index in [4.69, 9.17) is 15.6 Å². The summed E-state index contributed by atoms with van der Waals surface area (Å²) < 4.78 is 18.7. The van der Waals surface area contributed by atoms with Crippen LogP contribution in [-0.2, 0) is 0 Å². The van der Waals surface area contributed by atoms with Gasteiger partial charge in [0.25, 0.3) is 0 Å². The van der Waals surface area contributed by atoms with Gasteiger partial charge in [0.15, 0.2) is 11.6 Å². The van der Waals surface area contributed by atoms with Gasteiger partial charge in [0.1, 0.15) is 0 Å². The third-order valence-corrected chi connectivity index (χ3v) is 2.15. The van der Waals surface area contributed by atoms with Crippen molar-refractivity contribution in [1.82, 2.24) is 0 Å². The summed E-state index contributed by atoms with van der Waals surface area (Å²) in [4.78, 5) is 0. The Bertz CT molecular complexity index is 370. The van der Waals surface area contributed by atoms with E-state index in [9.17, 15) is 4.39 Å². The highest BCUT2D eigenvalue weighted by atomic mass is 19.1. The molecular formula is C12H19FN2O2. The number of aliphatic hydroxyl groups is 1. The highest BCUT2D eigenvalue weighted by Gasteiger charge is 2.09. The van der Waals surface area contributed by atoms with Gasteiger partial charge in [0.2, 0.25) is 0 Å². The molecule has 1 aromatic carbocycles. The summed E-state index contributed by atoms with van der Waals surface area (Å²) in [5, 5.41) is 12.1. The molecule has 0 aliphatic heterocycles. The Morgan fingerprint density at radius 2 is 2.24 bits per heavy atom. The fourth-order valence-corrected chi connectivity index (χ4v) is 1.30. The predicted octanol–water partition coefficient (Wildman–Crippen LogP) is 1.99. The smallest absolute Gasteiger partial charge is 0.167 e. The molecule has 0 aromatic heterocycles. The lowest BCUT2D eigenvalue weighted by Gasteiger charge is -2.13. The topological polar surface area (TPSA) is 67.5 Å². The van der Waals surface area contributed by atoms with Crippen LogP contribution in [0.25, 0.3) is 0 Å². The van der Waals surface area contributed by atoms with Gasteiger partial charge >= 0.3 is 0 Å². The molecule has 0 aliphatic carbocycles. The maximum absolute atomic E-state index is 13.5. The molecule has 4 N–H and O–H groups in total. The van der Waals surface area contributed by atoms with Crippen LogP contribution in [0.3, 0.4) is 0 Å². The molecule has 0 saturated carbocycles. The molecule has 17 heavy (non-hydrogen) atoms. The highest BCUT2D eigenvalue weighted by molar-refractivity contribution is 5.68. The number of ether oxygens (including phenoxy) is 1. The monoisotopic (exact) mass is 242 g/mol. The van der Waals surface area contributed by atoms with E-state index in [0.717, 1.165) is 6.42 Å². The third-order valence-electron chi connectivity index (χ3n) is 2.15. The molecule has 96 valence electrons. The normalized spacial score (nSPS) is 12.2. The standard InChI is InChI=1S/C12H19FN2O2/c1-3-4-17-12-6-11(15-7-8(2)16)10(14)5-9(12)13/h5-6,8,15-16H,3-4,7,14H2,1-2H3. The van der Waals surface area contributed by atoms with Crippen LogP contribution in [0, 0.1) is 5.82 Å². The molecule has 0 fully saturated rings. The van der Waals surface area contributed by atoms with E-state index >= 15 is 0 Å². The van der Waals surface area contributed by atoms with Gasteiger partial charge in [-0.15, -0.1) is 0 Å². The number of anilines is 2. The summed E-state index contributed by atoms with van der Waals surface area (Å²) in [6.07, 6.45) is 0.305. The molecular weight excluding hydrogens is 223 g/mol. The fraction of sp³-hybridized carbons (Fsp3) is 0.500. The van der Waals surface area contributed by atoms with Crippen molar-refractivity contribution in [1.29, 1.82) is 0 Å². The molecule has 0 aliphatic rings. The number of hydrogen-bond donors (Lipinski definition) is 3. The van der Waals surface area contributed by atoms with Crippen molar-refractivity contribution >= 4 is 11.4 Å². The Labute approximate surface area is 101 Å². The van der Waals surface area contributed by atoms with E-state index in [1.54, 1.807) is 6.92 Å². The van der Waals surface area contributed by atoms with E-state index in [2.05, 4.69) is 5.32 Å². The fourth-order valence-electron chi connectivity index (χ4n) is 1.30. The van der Waals surface area contributed by atoms with Crippen molar-refractivity contribution in [3.05, 3.63) is 17.9 Å². The van der Waals surface area contributed by atoms with Crippen LogP contribution in [-0.4, -0.2) is 24.4 Å². The van der Waals surface area contributed by atoms with Gasteiger partial charge in [-0.05, 0) is 13.3 Å². The molecule has 0 radical (unpaired) electrons. The van der Waals surface area contributed by atoms with Crippen molar-refractivity contribution < 1.29 is 14.2 Å². The number of benzene rings is 1. The lowest BCUT2D eigenvalue weighted by atomic mass is 10.2. The lowest BCUT2D eigenvalue weighted by Crippen LogP contribution is -2.16. The molecule has 0 bridgehead atoms. The number of aliphatic hydroxyl groups excluding tert-OH is 1. The number of nitrogens with one attached hydrogen (secondary N) is 1. The van der Waals surface area contributed by atoms with E-state index in [1.165, 1.54) is 12.1 Å². The van der Waals surface area contributed by atoms with Gasteiger partial charge < -0.3 is 20.9 Å². The largest absolute Gasteiger partial charge is 0.490 e. The molecule has 4 nitrogen and oxygen atoms in total. The van der Waals surface area contributed by atoms with Crippen molar-refractivity contribution in [3.63, 3.8) is 0 Å². The van der Waals surface area contributed by atoms with Crippen LogP contribution >= 0.6 is 0 Å². The molecule has 1 rings (SSSR count). The van der Waals surface area contributed by atoms with E-state index in [0.29, 0.717) is 24.5 Å². The first-order valence-electron chi connectivity index (χ1n) is 5.68. The minimum atomic E-state index is -0.500. The van der Waals surface area contributed by atoms with Crippen LogP contribution in [0.1, 0.15) is 20.3 Å². The molecule has 0 spiro atoms. The average molecular weight is 242 g/mol. The summed E-state index contributed by atoms with van der Waals surface area (Å²) in [7, 11) is 0. The van der Waals surface area contributed by atoms with E-state index < -0.39 is 11.9 Å². The Hall–Kier alpha value is -1.49. The third kappa shape index (κ3) is 4.11. The second kappa shape index (κ2) is 6.30. The highest BCUT2D eigenvalue weighted by Crippen LogP contribution is 2.28. The van der Waals surface area contributed by atoms with Crippen LogP contribution in [0.4, 0.5) is 15.8 Å². The quantitative estimate of drug-likeness (QED) is 0.667. The van der Waals surface area contributed by atoms with Crippen LogP contribution in [0.5, 0.6) is 5.75 Å². The van der Waals surface area contributed by atoms with Crippen LogP contribution < -0.4 is 15.8 Å². The van der Waals surface area contributed by atoms with Crippen LogP contribution in [0.2, 0.25) is 0 Å². The van der Waals surface area contributed by atoms with Crippen molar-refractivity contribution in [3.8, 4) is 5.75 Å². The molecule has 1 unspecified atom stereocenters. The molecule has 0 amide bonds. The van der Waals surface area contributed by atoms with Crippen molar-refractivity contribution in [2.45, 2.75) is 26.4 Å². The van der Waals surface area contributed by atoms with Gasteiger partial charge in [-0.25, -0.2) is 4.39 Å². The number of nitrogen functional groups attached to an aromatic ring is 1. The lowest BCUT2D eigenvalue weighted by molar-refractivity contribution is 0.208. The molecule has 0 heterocycles. The minimum absolute atomic E-state index is 0.175. The number of hydrogen-bond acceptors (Lipinski definition) is 4. The molecule has 1 aromatic rings. The van der Waals surface area contributed by atoms with E-state index in [1.807, 2.05) is 6.92 Å². The molecule has 1 atom stereocenters. The average Bonchev–Trinajstić information content (AvgIpc) is 2.26. The Balaban J connectivity index is 2.81. The number of rotatable bonds is 6. The summed E-state index contributed by atoms with van der Waals surface area (Å²) in [5.41, 5.74) is 6.53. The van der Waals surface area contributed by atoms with Crippen molar-refractivity contribution in [2.24, 2.45) is 0 Å². The second-order valence-electron chi connectivity index (χ2n) is 3.95. The Morgan fingerprint density at radius 3 is 2.82 bits per heavy atom. The van der Waals surface area contributed by atoms with Crippen LogP contribution in [0.15, 0.2) is 12.1 Å². The van der Waals surface area contributed by atoms with Gasteiger partial charge in [0, 0.05) is 18.7 Å². The first-order chi connectivity index (χ1) is 8.04. The molecule has 0 saturated heterocycles. The number of halogens is 1. The van der Waals surface area contributed by atoms with E-state index in [-0.39, 0.29) is 5.75 Å². The maximum Gasteiger partial charge on any atom is 0.167 e. The Morgan fingerprint density at radius 1 is 1.53 bits per heavy atom. The summed E-state index contributed by atoms with van der Waals surface area (Å²) >= 11 is 0. The van der Waals surface area contributed by atoms with Crippen molar-refractivity contribution in [2.75, 3.05) is 24.2 Å². The number of nitrogens with two attached hydrogens (primary N) is 1. The zero-order chi connectivity index (χ0) is 12.8. The van der Waals surface area contributed by atoms with Gasteiger partial charge in [0.05, 0.1) is 24.1 Å². The van der Waals surface area contributed by atoms with Gasteiger partial charge in [-0.1, -0.05) is 6.92 Å². The summed E-state index contributed by atoms with van der Waals surface area (Å²) in [5.74, 6) is -0.298. The predicted molar refractivity (Wildman–Crippen MR) is 66.8 cm³/mol. The molecule has 5 heteroatoms. The summed E-state index contributed by atoms with van der Waals surface area (Å²) in [6.45, 7) is 4.41. The zero-order valence-electron chi connectivity index (χ0n) is 10.2. The van der Waals surface area contributed by atoms with Gasteiger partial charge in [-0.2, -0.15) is 0 Å². The van der Waals surface area contributed by atoms with Gasteiger partial charge in [-0.3, -0.25) is 0 Å².